The minimum atomic E-state index is -1.01. The van der Waals surface area contributed by atoms with Gasteiger partial charge in [-0.2, -0.15) is 0 Å². The SMILES string of the molecule is C=CC(=O)NCCCC[C@H](NC(=O)CCCCCCCCCCCCCCC)C(=O)O. The first kappa shape index (κ1) is 29.1. The van der Waals surface area contributed by atoms with Gasteiger partial charge >= 0.3 is 5.97 Å². The summed E-state index contributed by atoms with van der Waals surface area (Å²) in [6.45, 7) is 6.10. The average Bonchev–Trinajstić information content (AvgIpc) is 2.75. The number of carbonyl (C=O) groups is 3. The molecule has 0 bridgehead atoms. The van der Waals surface area contributed by atoms with Crippen molar-refractivity contribution in [2.75, 3.05) is 6.54 Å². The molecule has 0 aliphatic carbocycles. The lowest BCUT2D eigenvalue weighted by atomic mass is 10.0. The maximum atomic E-state index is 12.0. The van der Waals surface area contributed by atoms with Gasteiger partial charge in [0.25, 0.3) is 0 Å². The number of carboxylic acid groups (broad SMARTS) is 1. The summed E-state index contributed by atoms with van der Waals surface area (Å²) in [6, 6.07) is -0.857. The van der Waals surface area contributed by atoms with Crippen molar-refractivity contribution < 1.29 is 19.5 Å². The molecule has 6 nitrogen and oxygen atoms in total. The predicted molar refractivity (Wildman–Crippen MR) is 127 cm³/mol. The van der Waals surface area contributed by atoms with Gasteiger partial charge in [0.05, 0.1) is 0 Å². The van der Waals surface area contributed by atoms with Crippen molar-refractivity contribution in [1.29, 1.82) is 0 Å². The van der Waals surface area contributed by atoms with E-state index in [-0.39, 0.29) is 11.8 Å². The number of rotatable bonds is 22. The van der Waals surface area contributed by atoms with Gasteiger partial charge < -0.3 is 15.7 Å². The Morgan fingerprint density at radius 3 is 1.81 bits per heavy atom. The van der Waals surface area contributed by atoms with E-state index in [1.54, 1.807) is 0 Å². The molecule has 2 amide bonds. The molecule has 0 heterocycles. The van der Waals surface area contributed by atoms with Crippen LogP contribution in [-0.2, 0) is 14.4 Å². The molecule has 31 heavy (non-hydrogen) atoms. The van der Waals surface area contributed by atoms with Crippen LogP contribution >= 0.6 is 0 Å². The summed E-state index contributed by atoms with van der Waals surface area (Å²) in [5, 5.41) is 14.6. The van der Waals surface area contributed by atoms with E-state index >= 15 is 0 Å². The topological polar surface area (TPSA) is 95.5 Å². The second-order valence-electron chi connectivity index (χ2n) is 8.44. The molecule has 3 N–H and O–H groups in total. The first-order valence-corrected chi connectivity index (χ1v) is 12.4. The lowest BCUT2D eigenvalue weighted by molar-refractivity contribution is -0.142. The number of amides is 2. The third kappa shape index (κ3) is 19.8. The lowest BCUT2D eigenvalue weighted by Gasteiger charge is -2.14. The van der Waals surface area contributed by atoms with Gasteiger partial charge in [0.1, 0.15) is 6.04 Å². The van der Waals surface area contributed by atoms with Crippen molar-refractivity contribution in [3.05, 3.63) is 12.7 Å². The first-order valence-electron chi connectivity index (χ1n) is 12.4. The number of hydrogen-bond acceptors (Lipinski definition) is 3. The number of hydrogen-bond donors (Lipinski definition) is 3. The summed E-state index contributed by atoms with van der Waals surface area (Å²) in [6.07, 6.45) is 19.5. The van der Waals surface area contributed by atoms with Gasteiger partial charge in [0.2, 0.25) is 11.8 Å². The van der Waals surface area contributed by atoms with E-state index < -0.39 is 12.0 Å². The molecule has 0 unspecified atom stereocenters. The normalized spacial score (nSPS) is 11.6. The van der Waals surface area contributed by atoms with Crippen LogP contribution in [0.25, 0.3) is 0 Å². The summed E-state index contributed by atoms with van der Waals surface area (Å²) in [7, 11) is 0. The number of carbonyl (C=O) groups excluding carboxylic acids is 2. The van der Waals surface area contributed by atoms with Crippen LogP contribution in [-0.4, -0.2) is 35.5 Å². The van der Waals surface area contributed by atoms with Crippen LogP contribution in [0, 0.1) is 0 Å². The third-order valence-corrected chi connectivity index (χ3v) is 5.54. The van der Waals surface area contributed by atoms with Gasteiger partial charge in [-0.15, -0.1) is 0 Å². The van der Waals surface area contributed by atoms with Crippen LogP contribution in [0.3, 0.4) is 0 Å². The molecular formula is C25H46N2O4. The fourth-order valence-corrected chi connectivity index (χ4v) is 3.58. The van der Waals surface area contributed by atoms with Crippen LogP contribution in [0.1, 0.15) is 116 Å². The van der Waals surface area contributed by atoms with E-state index in [0.29, 0.717) is 32.2 Å². The molecular weight excluding hydrogens is 392 g/mol. The number of unbranched alkanes of at least 4 members (excludes halogenated alkanes) is 13. The fourth-order valence-electron chi connectivity index (χ4n) is 3.58. The van der Waals surface area contributed by atoms with Gasteiger partial charge in [0, 0.05) is 13.0 Å². The molecule has 0 aromatic carbocycles. The molecule has 0 radical (unpaired) electrons. The van der Waals surface area contributed by atoms with Gasteiger partial charge in [-0.3, -0.25) is 9.59 Å². The maximum Gasteiger partial charge on any atom is 0.326 e. The molecule has 0 aromatic rings. The highest BCUT2D eigenvalue weighted by molar-refractivity contribution is 5.86. The monoisotopic (exact) mass is 438 g/mol. The molecule has 0 aliphatic rings. The third-order valence-electron chi connectivity index (χ3n) is 5.54. The van der Waals surface area contributed by atoms with Gasteiger partial charge in [0.15, 0.2) is 0 Å². The zero-order valence-corrected chi connectivity index (χ0v) is 19.8. The van der Waals surface area contributed by atoms with Crippen molar-refractivity contribution in [2.45, 2.75) is 122 Å². The Bertz CT molecular complexity index is 494. The zero-order chi connectivity index (χ0) is 23.2. The summed E-state index contributed by atoms with van der Waals surface area (Å²) in [5.74, 6) is -1.43. The summed E-state index contributed by atoms with van der Waals surface area (Å²) in [5.41, 5.74) is 0. The van der Waals surface area contributed by atoms with Crippen LogP contribution < -0.4 is 10.6 Å². The molecule has 0 saturated heterocycles. The molecule has 0 aromatic heterocycles. The predicted octanol–water partition coefficient (Wildman–Crippen LogP) is 5.51. The first-order chi connectivity index (χ1) is 15.0. The number of aliphatic carboxylic acids is 1. The molecule has 1 atom stereocenters. The van der Waals surface area contributed by atoms with Gasteiger partial charge in [-0.1, -0.05) is 90.6 Å². The Kier molecular flexibility index (Phi) is 20.1. The standard InChI is InChI=1S/C25H46N2O4/c1-3-5-6-7-8-9-10-11-12-13-14-15-16-20-24(29)27-22(25(30)31)19-17-18-21-26-23(28)4-2/h4,22H,2-3,5-21H2,1H3,(H,26,28)(H,27,29)(H,30,31)/t22-/m0/s1. The zero-order valence-electron chi connectivity index (χ0n) is 19.8. The molecule has 0 spiro atoms. The molecule has 0 rings (SSSR count). The number of nitrogens with one attached hydrogen (secondary N) is 2. The Hall–Kier alpha value is -1.85. The molecule has 6 heteroatoms. The molecule has 0 fully saturated rings. The maximum absolute atomic E-state index is 12.0. The van der Waals surface area contributed by atoms with Crippen LogP contribution in [0.5, 0.6) is 0 Å². The fraction of sp³-hybridized carbons (Fsp3) is 0.800. The van der Waals surface area contributed by atoms with E-state index in [0.717, 1.165) is 19.3 Å². The van der Waals surface area contributed by atoms with Crippen LogP contribution in [0.2, 0.25) is 0 Å². The summed E-state index contributed by atoms with van der Waals surface area (Å²) >= 11 is 0. The van der Waals surface area contributed by atoms with Crippen molar-refractivity contribution in [3.63, 3.8) is 0 Å². The molecule has 180 valence electrons. The van der Waals surface area contributed by atoms with E-state index in [4.69, 9.17) is 0 Å². The van der Waals surface area contributed by atoms with E-state index in [1.807, 2.05) is 0 Å². The highest BCUT2D eigenvalue weighted by atomic mass is 16.4. The average molecular weight is 439 g/mol. The van der Waals surface area contributed by atoms with Crippen LogP contribution in [0.15, 0.2) is 12.7 Å². The Labute approximate surface area is 189 Å². The Morgan fingerprint density at radius 1 is 0.806 bits per heavy atom. The summed E-state index contributed by atoms with van der Waals surface area (Å²) in [4.78, 5) is 34.4. The Morgan fingerprint density at radius 2 is 1.32 bits per heavy atom. The van der Waals surface area contributed by atoms with E-state index in [1.165, 1.54) is 70.3 Å². The van der Waals surface area contributed by atoms with Gasteiger partial charge in [-0.25, -0.2) is 4.79 Å². The largest absolute Gasteiger partial charge is 0.480 e. The number of carboxylic acids is 1. The van der Waals surface area contributed by atoms with Crippen molar-refractivity contribution in [3.8, 4) is 0 Å². The van der Waals surface area contributed by atoms with E-state index in [9.17, 15) is 19.5 Å². The minimum Gasteiger partial charge on any atom is -0.480 e. The second-order valence-corrected chi connectivity index (χ2v) is 8.44. The van der Waals surface area contributed by atoms with E-state index in [2.05, 4.69) is 24.1 Å². The minimum absolute atomic E-state index is 0.185. The lowest BCUT2D eigenvalue weighted by Crippen LogP contribution is -2.40. The summed E-state index contributed by atoms with van der Waals surface area (Å²) < 4.78 is 0. The van der Waals surface area contributed by atoms with Gasteiger partial charge in [-0.05, 0) is 31.8 Å². The molecule has 0 aliphatic heterocycles. The second kappa shape index (κ2) is 21.4. The smallest absolute Gasteiger partial charge is 0.326 e. The quantitative estimate of drug-likeness (QED) is 0.153. The van der Waals surface area contributed by atoms with Crippen molar-refractivity contribution in [1.82, 2.24) is 10.6 Å². The molecule has 0 saturated carbocycles. The van der Waals surface area contributed by atoms with Crippen molar-refractivity contribution >= 4 is 17.8 Å². The highest BCUT2D eigenvalue weighted by Crippen LogP contribution is 2.13. The van der Waals surface area contributed by atoms with Crippen molar-refractivity contribution in [2.24, 2.45) is 0 Å². The highest BCUT2D eigenvalue weighted by Gasteiger charge is 2.19. The van der Waals surface area contributed by atoms with Crippen LogP contribution in [0.4, 0.5) is 0 Å². The Balaban J connectivity index is 3.62.